The average molecular weight is 144 g/mol. The minimum Gasteiger partial charge on any atom is -0.318 e. The molecule has 0 aliphatic rings. The number of hydrogen-bond donors (Lipinski definition) is 2. The fourth-order valence-electron chi connectivity index (χ4n) is 0.677. The van der Waals surface area contributed by atoms with Crippen LogP contribution in [-0.4, -0.2) is 26.7 Å². The summed E-state index contributed by atoms with van der Waals surface area (Å²) in [5, 5.41) is 6.46. The third-order valence-corrected chi connectivity index (χ3v) is 1.21. The van der Waals surface area contributed by atoms with Gasteiger partial charge in [-0.3, -0.25) is 0 Å². The molecule has 2 N–H and O–H groups in total. The van der Waals surface area contributed by atoms with Gasteiger partial charge in [-0.15, -0.1) is 0 Å². The third kappa shape index (κ3) is 7.92. The first-order valence-electron chi connectivity index (χ1n) is 3.91. The van der Waals surface area contributed by atoms with Crippen molar-refractivity contribution in [2.24, 2.45) is 5.41 Å². The number of nitrogens with one attached hydrogen (secondary N) is 2. The molecular weight excluding hydrogens is 124 g/mol. The minimum absolute atomic E-state index is 0.410. The number of hydrogen-bond acceptors (Lipinski definition) is 2. The summed E-state index contributed by atoms with van der Waals surface area (Å²) in [7, 11) is 1.97. The highest BCUT2D eigenvalue weighted by Crippen LogP contribution is 2.09. The van der Waals surface area contributed by atoms with Crippen molar-refractivity contribution < 1.29 is 0 Å². The van der Waals surface area contributed by atoms with Gasteiger partial charge in [0.15, 0.2) is 0 Å². The summed E-state index contributed by atoms with van der Waals surface area (Å²) in [6.45, 7) is 9.91. The molecule has 2 heteroatoms. The zero-order valence-electron chi connectivity index (χ0n) is 7.62. The highest BCUT2D eigenvalue weighted by molar-refractivity contribution is 4.64. The first-order valence-corrected chi connectivity index (χ1v) is 3.91. The highest BCUT2D eigenvalue weighted by Gasteiger charge is 2.07. The van der Waals surface area contributed by atoms with E-state index < -0.39 is 0 Å². The lowest BCUT2D eigenvalue weighted by molar-refractivity contribution is 0.380. The molecule has 0 saturated heterocycles. The smallest absolute Gasteiger partial charge is 0.00768 e. The van der Waals surface area contributed by atoms with Crippen molar-refractivity contribution in [2.45, 2.75) is 20.8 Å². The molecule has 2 nitrogen and oxygen atoms in total. The van der Waals surface area contributed by atoms with Crippen molar-refractivity contribution >= 4 is 0 Å². The Morgan fingerprint density at radius 2 is 1.70 bits per heavy atom. The molecule has 0 aromatic rings. The Labute approximate surface area is 64.4 Å². The standard InChI is InChI=1S/C8H20N2/c1-8(2,3)7-10-6-5-9-4/h9-10H,5-7H2,1-4H3. The Morgan fingerprint density at radius 3 is 2.10 bits per heavy atom. The maximum absolute atomic E-state index is 3.36. The van der Waals surface area contributed by atoms with Gasteiger partial charge in [0.1, 0.15) is 0 Å². The second kappa shape index (κ2) is 4.69. The summed E-state index contributed by atoms with van der Waals surface area (Å²) in [6, 6.07) is 0. The van der Waals surface area contributed by atoms with E-state index in [9.17, 15) is 0 Å². The SMILES string of the molecule is CNCCNCC(C)(C)C. The van der Waals surface area contributed by atoms with E-state index >= 15 is 0 Å². The minimum atomic E-state index is 0.410. The maximum Gasteiger partial charge on any atom is 0.00768 e. The molecular formula is C8H20N2. The lowest BCUT2D eigenvalue weighted by Gasteiger charge is -2.18. The number of likely N-dealkylation sites (N-methyl/N-ethyl adjacent to an activating group) is 1. The van der Waals surface area contributed by atoms with Crippen LogP contribution in [0.3, 0.4) is 0 Å². The van der Waals surface area contributed by atoms with E-state index in [1.54, 1.807) is 0 Å². The van der Waals surface area contributed by atoms with Crippen LogP contribution >= 0.6 is 0 Å². The summed E-state index contributed by atoms with van der Waals surface area (Å²) >= 11 is 0. The van der Waals surface area contributed by atoms with Gasteiger partial charge < -0.3 is 10.6 Å². The van der Waals surface area contributed by atoms with Crippen LogP contribution in [0.5, 0.6) is 0 Å². The van der Waals surface area contributed by atoms with Gasteiger partial charge >= 0.3 is 0 Å². The van der Waals surface area contributed by atoms with Crippen LogP contribution in [0.1, 0.15) is 20.8 Å². The second-order valence-corrected chi connectivity index (χ2v) is 3.84. The van der Waals surface area contributed by atoms with Gasteiger partial charge in [0.05, 0.1) is 0 Å². The first kappa shape index (κ1) is 9.92. The number of rotatable bonds is 4. The van der Waals surface area contributed by atoms with E-state index in [0.717, 1.165) is 19.6 Å². The van der Waals surface area contributed by atoms with Gasteiger partial charge in [-0.25, -0.2) is 0 Å². The van der Waals surface area contributed by atoms with Crippen molar-refractivity contribution in [3.63, 3.8) is 0 Å². The first-order chi connectivity index (χ1) is 4.56. The Morgan fingerprint density at radius 1 is 1.10 bits per heavy atom. The summed E-state index contributed by atoms with van der Waals surface area (Å²) in [6.07, 6.45) is 0. The molecule has 0 radical (unpaired) electrons. The fraction of sp³-hybridized carbons (Fsp3) is 1.00. The van der Waals surface area contributed by atoms with Gasteiger partial charge in [-0.05, 0) is 12.5 Å². The quantitative estimate of drug-likeness (QED) is 0.571. The predicted octanol–water partition coefficient (Wildman–Crippen LogP) is 0.841. The van der Waals surface area contributed by atoms with Crippen LogP contribution in [0.2, 0.25) is 0 Å². The molecule has 0 aromatic heterocycles. The van der Waals surface area contributed by atoms with E-state index in [4.69, 9.17) is 0 Å². The molecule has 0 unspecified atom stereocenters. The molecule has 0 heterocycles. The molecule has 62 valence electrons. The molecule has 0 bridgehead atoms. The molecule has 0 amide bonds. The molecule has 0 aliphatic carbocycles. The summed E-state index contributed by atoms with van der Waals surface area (Å²) < 4.78 is 0. The average Bonchev–Trinajstić information content (AvgIpc) is 1.78. The lowest BCUT2D eigenvalue weighted by atomic mass is 9.97. The van der Waals surface area contributed by atoms with Gasteiger partial charge in [0, 0.05) is 19.6 Å². The van der Waals surface area contributed by atoms with Crippen LogP contribution in [0.15, 0.2) is 0 Å². The van der Waals surface area contributed by atoms with Gasteiger partial charge in [-0.1, -0.05) is 20.8 Å². The Kier molecular flexibility index (Phi) is 4.65. The lowest BCUT2D eigenvalue weighted by Crippen LogP contribution is -2.31. The predicted molar refractivity (Wildman–Crippen MR) is 46.3 cm³/mol. The summed E-state index contributed by atoms with van der Waals surface area (Å²) in [4.78, 5) is 0. The van der Waals surface area contributed by atoms with E-state index in [1.807, 2.05) is 7.05 Å². The Balaban J connectivity index is 3.04. The van der Waals surface area contributed by atoms with Crippen molar-refractivity contribution in [1.82, 2.24) is 10.6 Å². The zero-order valence-corrected chi connectivity index (χ0v) is 7.62. The molecule has 0 rings (SSSR count). The van der Waals surface area contributed by atoms with E-state index in [-0.39, 0.29) is 0 Å². The molecule has 0 fully saturated rings. The molecule has 0 atom stereocenters. The normalized spacial score (nSPS) is 12.0. The van der Waals surface area contributed by atoms with E-state index in [1.165, 1.54) is 0 Å². The van der Waals surface area contributed by atoms with Crippen molar-refractivity contribution in [1.29, 1.82) is 0 Å². The Bertz CT molecular complexity index is 73.8. The maximum atomic E-state index is 3.36. The molecule has 10 heavy (non-hydrogen) atoms. The largest absolute Gasteiger partial charge is 0.318 e. The summed E-state index contributed by atoms with van der Waals surface area (Å²) in [5.41, 5.74) is 0.410. The van der Waals surface area contributed by atoms with Gasteiger partial charge in [-0.2, -0.15) is 0 Å². The van der Waals surface area contributed by atoms with Crippen LogP contribution in [0, 0.1) is 5.41 Å². The third-order valence-electron chi connectivity index (χ3n) is 1.21. The fourth-order valence-corrected chi connectivity index (χ4v) is 0.677. The molecule has 0 saturated carbocycles. The van der Waals surface area contributed by atoms with Crippen LogP contribution in [0.4, 0.5) is 0 Å². The van der Waals surface area contributed by atoms with Gasteiger partial charge in [0.2, 0.25) is 0 Å². The topological polar surface area (TPSA) is 24.1 Å². The molecule has 0 spiro atoms. The summed E-state index contributed by atoms with van der Waals surface area (Å²) in [5.74, 6) is 0. The Hall–Kier alpha value is -0.0800. The molecule has 0 aromatic carbocycles. The zero-order chi connectivity index (χ0) is 8.04. The van der Waals surface area contributed by atoms with Gasteiger partial charge in [0.25, 0.3) is 0 Å². The van der Waals surface area contributed by atoms with Crippen molar-refractivity contribution in [3.05, 3.63) is 0 Å². The van der Waals surface area contributed by atoms with E-state index in [0.29, 0.717) is 5.41 Å². The monoisotopic (exact) mass is 144 g/mol. The van der Waals surface area contributed by atoms with Crippen LogP contribution in [-0.2, 0) is 0 Å². The second-order valence-electron chi connectivity index (χ2n) is 3.84. The van der Waals surface area contributed by atoms with E-state index in [2.05, 4.69) is 31.4 Å². The van der Waals surface area contributed by atoms with Crippen molar-refractivity contribution in [2.75, 3.05) is 26.7 Å². The molecule has 0 aliphatic heterocycles. The van der Waals surface area contributed by atoms with Crippen LogP contribution in [0.25, 0.3) is 0 Å². The van der Waals surface area contributed by atoms with Crippen LogP contribution < -0.4 is 10.6 Å². The highest BCUT2D eigenvalue weighted by atomic mass is 14.9. The van der Waals surface area contributed by atoms with Crippen molar-refractivity contribution in [3.8, 4) is 0 Å².